The lowest BCUT2D eigenvalue weighted by atomic mass is 10.1. The molecule has 0 bridgehead atoms. The van der Waals surface area contributed by atoms with Crippen molar-refractivity contribution in [1.82, 2.24) is 0 Å². The number of hydrogen-bond acceptors (Lipinski definition) is 3. The summed E-state index contributed by atoms with van der Waals surface area (Å²) in [6, 6.07) is 2.06. The minimum atomic E-state index is -0.188. The molecule has 1 atom stereocenters. The van der Waals surface area contributed by atoms with E-state index in [9.17, 15) is 0 Å². The van der Waals surface area contributed by atoms with Gasteiger partial charge in [0.15, 0.2) is 0 Å². The largest absolute Gasteiger partial charge is 0.365 e. The molecule has 0 saturated heterocycles. The molecule has 1 aliphatic rings. The lowest BCUT2D eigenvalue weighted by Crippen LogP contribution is -2.30. The lowest BCUT2D eigenvalue weighted by Gasteiger charge is -2.23. The number of ether oxygens (including phenoxy) is 1. The van der Waals surface area contributed by atoms with E-state index in [2.05, 4.69) is 11.1 Å². The van der Waals surface area contributed by atoms with Crippen molar-refractivity contribution in [1.29, 1.82) is 5.26 Å². The van der Waals surface area contributed by atoms with Crippen LogP contribution >= 0.6 is 0 Å². The first-order valence-electron chi connectivity index (χ1n) is 4.15. The number of aliphatic imine (C=N–C) groups is 1. The SMILES string of the molecule is CC(C)(C)O[C@H]1CCN=C1C#N. The normalized spacial score (nSPS) is 23.5. The highest BCUT2D eigenvalue weighted by Gasteiger charge is 2.26. The Kier molecular flexibility index (Phi) is 2.49. The van der Waals surface area contributed by atoms with Gasteiger partial charge in [0.2, 0.25) is 0 Å². The molecule has 0 amide bonds. The summed E-state index contributed by atoms with van der Waals surface area (Å²) in [7, 11) is 0. The van der Waals surface area contributed by atoms with Gasteiger partial charge in [-0.05, 0) is 27.2 Å². The first-order chi connectivity index (χ1) is 5.53. The van der Waals surface area contributed by atoms with Crippen molar-refractivity contribution in [3.05, 3.63) is 0 Å². The Bertz CT molecular complexity index is 232. The fraction of sp³-hybridized carbons (Fsp3) is 0.778. The standard InChI is InChI=1S/C9H14N2O/c1-9(2,3)12-8-4-5-11-7(8)6-10/h8H,4-5H2,1-3H3/t8-/m0/s1. The van der Waals surface area contributed by atoms with E-state index in [0.29, 0.717) is 5.71 Å². The average molecular weight is 166 g/mol. The van der Waals surface area contributed by atoms with Crippen LogP contribution in [0.2, 0.25) is 0 Å². The van der Waals surface area contributed by atoms with Gasteiger partial charge in [0.25, 0.3) is 0 Å². The van der Waals surface area contributed by atoms with Crippen LogP contribution in [0.1, 0.15) is 27.2 Å². The third-order valence-corrected chi connectivity index (χ3v) is 1.59. The van der Waals surface area contributed by atoms with Gasteiger partial charge in [0, 0.05) is 6.54 Å². The van der Waals surface area contributed by atoms with Gasteiger partial charge in [-0.1, -0.05) is 0 Å². The quantitative estimate of drug-likeness (QED) is 0.593. The molecule has 1 heterocycles. The van der Waals surface area contributed by atoms with Gasteiger partial charge in [-0.25, -0.2) is 0 Å². The molecule has 1 aliphatic heterocycles. The molecule has 0 saturated carbocycles. The second kappa shape index (κ2) is 3.24. The number of hydrogen-bond donors (Lipinski definition) is 0. The van der Waals surface area contributed by atoms with E-state index in [1.54, 1.807) is 0 Å². The summed E-state index contributed by atoms with van der Waals surface area (Å²) in [6.07, 6.45) is 0.773. The maximum Gasteiger partial charge on any atom is 0.141 e. The molecule has 0 fully saturated rings. The second-order valence-electron chi connectivity index (χ2n) is 3.89. The summed E-state index contributed by atoms with van der Waals surface area (Å²) in [4.78, 5) is 4.05. The summed E-state index contributed by atoms with van der Waals surface area (Å²) >= 11 is 0. The van der Waals surface area contributed by atoms with Crippen LogP contribution in [0.15, 0.2) is 4.99 Å². The zero-order valence-electron chi connectivity index (χ0n) is 7.79. The minimum Gasteiger partial charge on any atom is -0.365 e. The Morgan fingerprint density at radius 3 is 2.75 bits per heavy atom. The summed E-state index contributed by atoms with van der Waals surface area (Å²) in [5.41, 5.74) is 0.358. The first kappa shape index (κ1) is 9.21. The first-order valence-corrected chi connectivity index (χ1v) is 4.15. The highest BCUT2D eigenvalue weighted by Crippen LogP contribution is 2.17. The zero-order chi connectivity index (χ0) is 9.19. The van der Waals surface area contributed by atoms with Crippen LogP contribution in [-0.4, -0.2) is 24.0 Å². The lowest BCUT2D eigenvalue weighted by molar-refractivity contribution is -0.0274. The summed E-state index contributed by atoms with van der Waals surface area (Å²) in [6.45, 7) is 6.69. The molecule has 0 aliphatic carbocycles. The molecule has 0 aromatic heterocycles. The smallest absolute Gasteiger partial charge is 0.141 e. The Morgan fingerprint density at radius 1 is 1.58 bits per heavy atom. The molecule has 1 rings (SSSR count). The Balaban J connectivity index is 2.56. The maximum atomic E-state index is 8.67. The van der Waals surface area contributed by atoms with Gasteiger partial charge in [-0.2, -0.15) is 5.26 Å². The van der Waals surface area contributed by atoms with Crippen molar-refractivity contribution < 1.29 is 4.74 Å². The molecule has 3 heteroatoms. The summed E-state index contributed by atoms with van der Waals surface area (Å²) in [5, 5.41) is 8.67. The fourth-order valence-electron chi connectivity index (χ4n) is 1.19. The predicted molar refractivity (Wildman–Crippen MR) is 47.2 cm³/mol. The van der Waals surface area contributed by atoms with Crippen LogP contribution in [0.25, 0.3) is 0 Å². The zero-order valence-corrected chi connectivity index (χ0v) is 7.79. The molecule has 3 nitrogen and oxygen atoms in total. The van der Waals surface area contributed by atoms with Gasteiger partial charge in [0.05, 0.1) is 5.60 Å². The molecule has 0 radical (unpaired) electrons. The molecule has 12 heavy (non-hydrogen) atoms. The molecular weight excluding hydrogens is 152 g/mol. The van der Waals surface area contributed by atoms with Crippen molar-refractivity contribution >= 4 is 5.71 Å². The van der Waals surface area contributed by atoms with Crippen molar-refractivity contribution in [2.24, 2.45) is 4.99 Å². The van der Waals surface area contributed by atoms with E-state index in [4.69, 9.17) is 10.00 Å². The minimum absolute atomic E-state index is 0.0741. The van der Waals surface area contributed by atoms with Crippen LogP contribution in [0, 0.1) is 11.3 Å². The molecule has 0 unspecified atom stereocenters. The molecule has 0 spiro atoms. The van der Waals surface area contributed by atoms with Crippen LogP contribution < -0.4 is 0 Å². The second-order valence-corrected chi connectivity index (χ2v) is 3.89. The third-order valence-electron chi connectivity index (χ3n) is 1.59. The molecule has 66 valence electrons. The van der Waals surface area contributed by atoms with Gasteiger partial charge >= 0.3 is 0 Å². The number of nitrogens with zero attached hydrogens (tertiary/aromatic N) is 2. The Hall–Kier alpha value is -0.880. The van der Waals surface area contributed by atoms with E-state index in [1.165, 1.54) is 0 Å². The number of nitriles is 1. The van der Waals surface area contributed by atoms with E-state index in [-0.39, 0.29) is 11.7 Å². The Morgan fingerprint density at radius 2 is 2.25 bits per heavy atom. The van der Waals surface area contributed by atoms with Gasteiger partial charge in [-0.3, -0.25) is 4.99 Å². The van der Waals surface area contributed by atoms with E-state index >= 15 is 0 Å². The highest BCUT2D eigenvalue weighted by atomic mass is 16.5. The van der Waals surface area contributed by atoms with Crippen molar-refractivity contribution in [2.75, 3.05) is 6.54 Å². The van der Waals surface area contributed by atoms with Crippen molar-refractivity contribution in [2.45, 2.75) is 38.9 Å². The van der Waals surface area contributed by atoms with E-state index in [0.717, 1.165) is 13.0 Å². The Labute approximate surface area is 73.1 Å². The van der Waals surface area contributed by atoms with Crippen LogP contribution in [0.5, 0.6) is 0 Å². The van der Waals surface area contributed by atoms with Gasteiger partial charge < -0.3 is 4.74 Å². The van der Waals surface area contributed by atoms with Crippen LogP contribution in [0.3, 0.4) is 0 Å². The van der Waals surface area contributed by atoms with E-state index < -0.39 is 0 Å². The fourth-order valence-corrected chi connectivity index (χ4v) is 1.19. The van der Waals surface area contributed by atoms with Gasteiger partial charge in [-0.15, -0.1) is 0 Å². The van der Waals surface area contributed by atoms with Gasteiger partial charge in [0.1, 0.15) is 17.9 Å². The molecule has 0 N–H and O–H groups in total. The predicted octanol–water partition coefficient (Wildman–Crippen LogP) is 1.54. The molecule has 0 aromatic carbocycles. The molecule has 0 aromatic rings. The van der Waals surface area contributed by atoms with Crippen molar-refractivity contribution in [3.63, 3.8) is 0 Å². The topological polar surface area (TPSA) is 45.4 Å². The number of rotatable bonds is 1. The third kappa shape index (κ3) is 2.31. The van der Waals surface area contributed by atoms with E-state index in [1.807, 2.05) is 20.8 Å². The van der Waals surface area contributed by atoms with Crippen molar-refractivity contribution in [3.8, 4) is 6.07 Å². The summed E-state index contributed by atoms with van der Waals surface area (Å²) < 4.78 is 5.65. The maximum absolute atomic E-state index is 8.67. The average Bonchev–Trinajstić information content (AvgIpc) is 2.31. The summed E-state index contributed by atoms with van der Waals surface area (Å²) in [5.74, 6) is 0. The van der Waals surface area contributed by atoms with Crippen LogP contribution in [-0.2, 0) is 4.74 Å². The molecular formula is C9H14N2O. The highest BCUT2D eigenvalue weighted by molar-refractivity contribution is 6.03. The van der Waals surface area contributed by atoms with Crippen LogP contribution in [0.4, 0.5) is 0 Å². The monoisotopic (exact) mass is 166 g/mol.